The highest BCUT2D eigenvalue weighted by Gasteiger charge is 2.44. The Labute approximate surface area is 91.6 Å². The van der Waals surface area contributed by atoms with Gasteiger partial charge in [-0.2, -0.15) is 18.4 Å². The molecule has 0 spiro atoms. The van der Waals surface area contributed by atoms with Crippen molar-refractivity contribution in [1.82, 2.24) is 4.90 Å². The topological polar surface area (TPSA) is 53.3 Å². The van der Waals surface area contributed by atoms with Crippen molar-refractivity contribution < 1.29 is 22.7 Å². The maximum atomic E-state index is 12.5. The largest absolute Gasteiger partial charge is 0.447 e. The van der Waals surface area contributed by atoms with Gasteiger partial charge in [-0.1, -0.05) is 0 Å². The lowest BCUT2D eigenvalue weighted by Crippen LogP contribution is -2.47. The van der Waals surface area contributed by atoms with Crippen LogP contribution in [0.2, 0.25) is 0 Å². The highest BCUT2D eigenvalue weighted by molar-refractivity contribution is 5.68. The zero-order valence-electron chi connectivity index (χ0n) is 9.21. The van der Waals surface area contributed by atoms with Crippen molar-refractivity contribution in [3.05, 3.63) is 0 Å². The minimum Gasteiger partial charge on any atom is -0.447 e. The Morgan fingerprint density at radius 3 is 2.31 bits per heavy atom. The Morgan fingerprint density at radius 2 is 2.00 bits per heavy atom. The lowest BCUT2D eigenvalue weighted by molar-refractivity contribution is -0.175. The molecule has 4 nitrogen and oxygen atoms in total. The second-order valence-electron chi connectivity index (χ2n) is 3.46. The van der Waals surface area contributed by atoms with Gasteiger partial charge < -0.3 is 4.74 Å². The standard InChI is InChI=1S/C9H13F3N2O2/c1-6(2)16-8(15)14(3)7(4-5-13)9(10,11)12/h6-7H,4H2,1-3H3. The second kappa shape index (κ2) is 5.58. The molecule has 0 N–H and O–H groups in total. The smallest absolute Gasteiger partial charge is 0.410 e. The van der Waals surface area contributed by atoms with Crippen LogP contribution in [0, 0.1) is 11.3 Å². The predicted octanol–water partition coefficient (Wildman–Crippen LogP) is 2.31. The minimum atomic E-state index is -4.64. The van der Waals surface area contributed by atoms with Crippen LogP contribution in [-0.2, 0) is 4.74 Å². The first-order chi connectivity index (χ1) is 7.20. The van der Waals surface area contributed by atoms with E-state index in [9.17, 15) is 18.0 Å². The molecule has 1 amide bonds. The SMILES string of the molecule is CC(C)OC(=O)N(C)C(CC#N)C(F)(F)F. The minimum absolute atomic E-state index is 0.392. The first-order valence-electron chi connectivity index (χ1n) is 4.57. The van der Waals surface area contributed by atoms with Crippen molar-refractivity contribution in [1.29, 1.82) is 5.26 Å². The summed E-state index contributed by atoms with van der Waals surface area (Å²) in [5, 5.41) is 8.28. The number of ether oxygens (including phenoxy) is 1. The molecule has 0 radical (unpaired) electrons. The summed E-state index contributed by atoms with van der Waals surface area (Å²) >= 11 is 0. The van der Waals surface area contributed by atoms with Crippen LogP contribution in [0.5, 0.6) is 0 Å². The van der Waals surface area contributed by atoms with Gasteiger partial charge in [-0.3, -0.25) is 4.90 Å². The third-order valence-corrected chi connectivity index (χ3v) is 1.75. The number of halogens is 3. The Kier molecular flexibility index (Phi) is 5.08. The average Bonchev–Trinajstić information content (AvgIpc) is 2.10. The zero-order chi connectivity index (χ0) is 12.9. The van der Waals surface area contributed by atoms with E-state index < -0.39 is 30.8 Å². The van der Waals surface area contributed by atoms with E-state index in [1.54, 1.807) is 0 Å². The summed E-state index contributed by atoms with van der Waals surface area (Å²) in [6.07, 6.45) is -7.05. The van der Waals surface area contributed by atoms with E-state index in [0.717, 1.165) is 7.05 Å². The van der Waals surface area contributed by atoms with Gasteiger partial charge in [0.2, 0.25) is 0 Å². The molecule has 1 unspecified atom stereocenters. The van der Waals surface area contributed by atoms with Crippen LogP contribution in [-0.4, -0.2) is 36.4 Å². The summed E-state index contributed by atoms with van der Waals surface area (Å²) in [5.41, 5.74) is 0. The number of amides is 1. The van der Waals surface area contributed by atoms with Gasteiger partial charge in [-0.25, -0.2) is 4.79 Å². The zero-order valence-corrected chi connectivity index (χ0v) is 9.21. The molecule has 0 aromatic carbocycles. The molecule has 0 aromatic rings. The third-order valence-electron chi connectivity index (χ3n) is 1.75. The highest BCUT2D eigenvalue weighted by atomic mass is 19.4. The van der Waals surface area contributed by atoms with Gasteiger partial charge in [0.1, 0.15) is 6.04 Å². The van der Waals surface area contributed by atoms with Gasteiger partial charge >= 0.3 is 12.3 Å². The molecule has 0 rings (SSSR count). The molecule has 0 heterocycles. The molecule has 1 atom stereocenters. The van der Waals surface area contributed by atoms with Crippen LogP contribution in [0.3, 0.4) is 0 Å². The fraction of sp³-hybridized carbons (Fsp3) is 0.778. The number of carbonyl (C=O) groups excluding carboxylic acids is 1. The number of rotatable bonds is 3. The van der Waals surface area contributed by atoms with Gasteiger partial charge in [0.05, 0.1) is 18.6 Å². The number of nitriles is 1. The number of hydrogen-bond donors (Lipinski definition) is 0. The van der Waals surface area contributed by atoms with E-state index >= 15 is 0 Å². The fourth-order valence-corrected chi connectivity index (χ4v) is 0.971. The van der Waals surface area contributed by atoms with Crippen LogP contribution in [0.25, 0.3) is 0 Å². The molecular formula is C9H13F3N2O2. The second-order valence-corrected chi connectivity index (χ2v) is 3.46. The van der Waals surface area contributed by atoms with Crippen molar-refractivity contribution in [3.63, 3.8) is 0 Å². The number of hydrogen-bond acceptors (Lipinski definition) is 3. The number of alkyl halides is 3. The number of nitrogens with zero attached hydrogens (tertiary/aromatic N) is 2. The normalized spacial score (nSPS) is 13.1. The molecule has 16 heavy (non-hydrogen) atoms. The molecule has 7 heteroatoms. The molecule has 0 saturated carbocycles. The summed E-state index contributed by atoms with van der Waals surface area (Å²) in [6, 6.07) is -0.741. The van der Waals surface area contributed by atoms with E-state index in [0.29, 0.717) is 4.90 Å². The van der Waals surface area contributed by atoms with E-state index in [1.165, 1.54) is 19.9 Å². The van der Waals surface area contributed by atoms with Crippen LogP contribution >= 0.6 is 0 Å². The molecule has 0 saturated heterocycles. The summed E-state index contributed by atoms with van der Waals surface area (Å²) in [4.78, 5) is 11.6. The van der Waals surface area contributed by atoms with E-state index in [-0.39, 0.29) is 0 Å². The fourth-order valence-electron chi connectivity index (χ4n) is 0.971. The van der Waals surface area contributed by atoms with Crippen LogP contribution in [0.1, 0.15) is 20.3 Å². The van der Waals surface area contributed by atoms with Gasteiger partial charge in [-0.15, -0.1) is 0 Å². The van der Waals surface area contributed by atoms with Crippen LogP contribution in [0.4, 0.5) is 18.0 Å². The Balaban J connectivity index is 4.69. The first kappa shape index (κ1) is 14.6. The van der Waals surface area contributed by atoms with Crippen molar-refractivity contribution >= 4 is 6.09 Å². The van der Waals surface area contributed by atoms with Gasteiger partial charge in [0, 0.05) is 7.05 Å². The van der Waals surface area contributed by atoms with E-state index in [1.807, 2.05) is 0 Å². The van der Waals surface area contributed by atoms with Crippen LogP contribution in [0.15, 0.2) is 0 Å². The van der Waals surface area contributed by atoms with Crippen molar-refractivity contribution in [2.45, 2.75) is 38.6 Å². The molecule has 0 aliphatic rings. The molecule has 0 bridgehead atoms. The predicted molar refractivity (Wildman–Crippen MR) is 49.5 cm³/mol. The van der Waals surface area contributed by atoms with E-state index in [2.05, 4.69) is 4.74 Å². The molecule has 0 aromatic heterocycles. The third kappa shape index (κ3) is 4.38. The molecule has 0 aliphatic heterocycles. The first-order valence-corrected chi connectivity index (χ1v) is 4.57. The van der Waals surface area contributed by atoms with Crippen molar-refractivity contribution in [2.24, 2.45) is 0 Å². The number of carbonyl (C=O) groups is 1. The maximum absolute atomic E-state index is 12.5. The van der Waals surface area contributed by atoms with Crippen LogP contribution < -0.4 is 0 Å². The van der Waals surface area contributed by atoms with Crippen molar-refractivity contribution in [2.75, 3.05) is 7.05 Å². The summed E-state index contributed by atoms with van der Waals surface area (Å²) in [7, 11) is 0.959. The van der Waals surface area contributed by atoms with Gasteiger partial charge in [-0.05, 0) is 13.8 Å². The van der Waals surface area contributed by atoms with Gasteiger partial charge in [0.25, 0.3) is 0 Å². The monoisotopic (exact) mass is 238 g/mol. The molecule has 92 valence electrons. The summed E-state index contributed by atoms with van der Waals surface area (Å²) in [6.45, 7) is 3.05. The lowest BCUT2D eigenvalue weighted by Gasteiger charge is -2.28. The van der Waals surface area contributed by atoms with E-state index in [4.69, 9.17) is 5.26 Å². The molecule has 0 fully saturated rings. The Hall–Kier alpha value is -1.45. The average molecular weight is 238 g/mol. The summed E-state index contributed by atoms with van der Waals surface area (Å²) < 4.78 is 42.0. The lowest BCUT2D eigenvalue weighted by atomic mass is 10.2. The van der Waals surface area contributed by atoms with Crippen molar-refractivity contribution in [3.8, 4) is 6.07 Å². The highest BCUT2D eigenvalue weighted by Crippen LogP contribution is 2.26. The maximum Gasteiger partial charge on any atom is 0.410 e. The molecular weight excluding hydrogens is 225 g/mol. The Bertz CT molecular complexity index is 283. The molecule has 0 aliphatic carbocycles. The quantitative estimate of drug-likeness (QED) is 0.758. The van der Waals surface area contributed by atoms with Gasteiger partial charge in [0.15, 0.2) is 0 Å². The Morgan fingerprint density at radius 1 is 1.50 bits per heavy atom. The summed E-state index contributed by atoms with van der Waals surface area (Å²) in [5.74, 6) is 0.